The zero-order valence-electron chi connectivity index (χ0n) is 11.7. The van der Waals surface area contributed by atoms with Crippen LogP contribution in [0.15, 0.2) is 31.0 Å². The zero-order chi connectivity index (χ0) is 16.7. The predicted octanol–water partition coefficient (Wildman–Crippen LogP) is 3.43. The average molecular weight is 315 g/mol. The Labute approximate surface area is 129 Å². The fourth-order valence-electron chi connectivity index (χ4n) is 2.42. The van der Waals surface area contributed by atoms with Crippen LogP contribution in [-0.2, 0) is 0 Å². The summed E-state index contributed by atoms with van der Waals surface area (Å²) in [6.45, 7) is 3.40. The van der Waals surface area contributed by atoms with Crippen molar-refractivity contribution in [2.24, 2.45) is 0 Å². The quantitative estimate of drug-likeness (QED) is 0.690. The van der Waals surface area contributed by atoms with Gasteiger partial charge in [0.15, 0.2) is 17.3 Å². The fraction of sp³-hybridized carbons (Fsp3) is 0. The molecule has 116 valence electrons. The number of carboxylic acids is 1. The maximum atomic E-state index is 14.6. The number of aromatic nitrogens is 2. The van der Waals surface area contributed by atoms with Crippen LogP contribution < -0.4 is 5.73 Å². The van der Waals surface area contributed by atoms with E-state index in [1.807, 2.05) is 0 Å². The van der Waals surface area contributed by atoms with Gasteiger partial charge in [0.05, 0.1) is 11.2 Å². The number of benzene rings is 1. The second-order valence-electron chi connectivity index (χ2n) is 4.83. The number of anilines is 1. The van der Waals surface area contributed by atoms with E-state index in [1.165, 1.54) is 6.07 Å². The lowest BCUT2D eigenvalue weighted by molar-refractivity contribution is 0.0690. The summed E-state index contributed by atoms with van der Waals surface area (Å²) < 4.78 is 29.0. The third-order valence-electron chi connectivity index (χ3n) is 3.54. The Morgan fingerprint density at radius 3 is 2.70 bits per heavy atom. The van der Waals surface area contributed by atoms with E-state index < -0.39 is 34.7 Å². The van der Waals surface area contributed by atoms with Gasteiger partial charge in [-0.25, -0.2) is 18.6 Å². The number of aromatic amines is 1. The number of pyridine rings is 1. The third kappa shape index (κ3) is 2.13. The van der Waals surface area contributed by atoms with Crippen molar-refractivity contribution in [2.75, 3.05) is 5.73 Å². The van der Waals surface area contributed by atoms with Crippen molar-refractivity contribution in [1.82, 2.24) is 9.97 Å². The number of hydrogen-bond acceptors (Lipinski definition) is 3. The topological polar surface area (TPSA) is 92.0 Å². The van der Waals surface area contributed by atoms with Gasteiger partial charge < -0.3 is 15.8 Å². The van der Waals surface area contributed by atoms with Crippen molar-refractivity contribution < 1.29 is 18.7 Å². The van der Waals surface area contributed by atoms with Crippen molar-refractivity contribution in [3.05, 3.63) is 53.9 Å². The highest BCUT2D eigenvalue weighted by molar-refractivity contribution is 5.94. The highest BCUT2D eigenvalue weighted by Gasteiger charge is 2.23. The molecule has 0 radical (unpaired) electrons. The molecule has 0 bridgehead atoms. The maximum Gasteiger partial charge on any atom is 0.355 e. The van der Waals surface area contributed by atoms with E-state index in [2.05, 4.69) is 16.5 Å². The summed E-state index contributed by atoms with van der Waals surface area (Å²) in [5.74, 6) is -3.13. The van der Waals surface area contributed by atoms with Crippen LogP contribution in [0, 0.1) is 11.6 Å². The van der Waals surface area contributed by atoms with Crippen molar-refractivity contribution in [1.29, 1.82) is 0 Å². The molecule has 0 aliphatic carbocycles. The summed E-state index contributed by atoms with van der Waals surface area (Å²) in [5.41, 5.74) is 4.11. The van der Waals surface area contributed by atoms with Gasteiger partial charge in [-0.3, -0.25) is 0 Å². The van der Waals surface area contributed by atoms with Crippen LogP contribution >= 0.6 is 0 Å². The summed E-state index contributed by atoms with van der Waals surface area (Å²) in [7, 11) is 0. The Hall–Kier alpha value is -3.22. The largest absolute Gasteiger partial charge is 0.476 e. The Bertz CT molecular complexity index is 964. The van der Waals surface area contributed by atoms with Gasteiger partial charge in [-0.1, -0.05) is 18.7 Å². The summed E-state index contributed by atoms with van der Waals surface area (Å²) in [6.07, 6.45) is 2.64. The standard InChI is InChI=1S/C16H11F2N3O2/c1-2-8-12(19)11(18)14(21-15(8)16(22)23)9-4-3-7-5-6-20-13(7)10(9)17/h2-6,20H,1H2,(H2,19,21)(H,22,23). The first kappa shape index (κ1) is 14.7. The van der Waals surface area contributed by atoms with Crippen LogP contribution in [-0.4, -0.2) is 21.0 Å². The van der Waals surface area contributed by atoms with Gasteiger partial charge in [0.25, 0.3) is 0 Å². The number of rotatable bonds is 3. The van der Waals surface area contributed by atoms with Gasteiger partial charge >= 0.3 is 5.97 Å². The highest BCUT2D eigenvalue weighted by atomic mass is 19.1. The molecular formula is C16H11F2N3O2. The summed E-state index contributed by atoms with van der Waals surface area (Å²) in [6, 6.07) is 4.56. The molecule has 7 heteroatoms. The number of H-pyrrole nitrogens is 1. The molecule has 0 saturated heterocycles. The molecular weight excluding hydrogens is 304 g/mol. The minimum atomic E-state index is -1.41. The van der Waals surface area contributed by atoms with Gasteiger partial charge in [0, 0.05) is 22.7 Å². The lowest BCUT2D eigenvalue weighted by Crippen LogP contribution is -2.10. The van der Waals surface area contributed by atoms with Gasteiger partial charge in [-0.15, -0.1) is 0 Å². The third-order valence-corrected chi connectivity index (χ3v) is 3.54. The lowest BCUT2D eigenvalue weighted by atomic mass is 10.0. The molecule has 0 unspecified atom stereocenters. The van der Waals surface area contributed by atoms with E-state index in [4.69, 9.17) is 5.73 Å². The molecule has 0 aliphatic heterocycles. The number of nitrogens with two attached hydrogens (primary N) is 1. The van der Waals surface area contributed by atoms with Crippen LogP contribution in [0.2, 0.25) is 0 Å². The van der Waals surface area contributed by atoms with E-state index in [9.17, 15) is 18.7 Å². The van der Waals surface area contributed by atoms with Crippen molar-refractivity contribution in [3.8, 4) is 11.3 Å². The number of carbonyl (C=O) groups is 1. The van der Waals surface area contributed by atoms with Gasteiger partial charge in [-0.05, 0) is 12.1 Å². The Morgan fingerprint density at radius 2 is 2.04 bits per heavy atom. The van der Waals surface area contributed by atoms with Crippen molar-refractivity contribution >= 4 is 28.6 Å². The van der Waals surface area contributed by atoms with Crippen LogP contribution in [0.25, 0.3) is 28.2 Å². The van der Waals surface area contributed by atoms with E-state index in [0.29, 0.717) is 5.39 Å². The Balaban J connectivity index is 2.36. The van der Waals surface area contributed by atoms with E-state index in [-0.39, 0.29) is 16.6 Å². The molecule has 5 nitrogen and oxygen atoms in total. The molecule has 0 saturated carbocycles. The van der Waals surface area contributed by atoms with Crippen LogP contribution in [0.3, 0.4) is 0 Å². The Morgan fingerprint density at radius 1 is 1.30 bits per heavy atom. The number of halogens is 2. The summed E-state index contributed by atoms with van der Waals surface area (Å²) >= 11 is 0. The molecule has 2 aromatic heterocycles. The van der Waals surface area contributed by atoms with Crippen LogP contribution in [0.5, 0.6) is 0 Å². The number of fused-ring (bicyclic) bond motifs is 1. The molecule has 23 heavy (non-hydrogen) atoms. The minimum Gasteiger partial charge on any atom is -0.476 e. The van der Waals surface area contributed by atoms with E-state index in [1.54, 1.807) is 18.3 Å². The molecule has 3 rings (SSSR count). The van der Waals surface area contributed by atoms with Crippen LogP contribution in [0.1, 0.15) is 16.1 Å². The number of nitrogen functional groups attached to an aromatic ring is 1. The second-order valence-corrected chi connectivity index (χ2v) is 4.83. The predicted molar refractivity (Wildman–Crippen MR) is 82.9 cm³/mol. The first-order valence-corrected chi connectivity index (χ1v) is 6.56. The average Bonchev–Trinajstić information content (AvgIpc) is 3.00. The molecule has 0 spiro atoms. The number of nitrogens with one attached hydrogen (secondary N) is 1. The van der Waals surface area contributed by atoms with Gasteiger partial charge in [0.1, 0.15) is 5.69 Å². The second kappa shape index (κ2) is 5.20. The molecule has 3 aromatic rings. The number of nitrogens with zero attached hydrogens (tertiary/aromatic N) is 1. The number of aromatic carboxylic acids is 1. The van der Waals surface area contributed by atoms with Gasteiger partial charge in [0.2, 0.25) is 0 Å². The van der Waals surface area contributed by atoms with Crippen molar-refractivity contribution in [2.45, 2.75) is 0 Å². The normalized spacial score (nSPS) is 10.9. The smallest absolute Gasteiger partial charge is 0.355 e. The van der Waals surface area contributed by atoms with E-state index in [0.717, 1.165) is 6.08 Å². The van der Waals surface area contributed by atoms with E-state index >= 15 is 0 Å². The minimum absolute atomic E-state index is 0.139. The molecule has 0 atom stereocenters. The van der Waals surface area contributed by atoms with Gasteiger partial charge in [-0.2, -0.15) is 0 Å². The molecule has 2 heterocycles. The Kier molecular flexibility index (Phi) is 3.33. The lowest BCUT2D eigenvalue weighted by Gasteiger charge is -2.11. The molecule has 0 fully saturated rings. The number of hydrogen-bond donors (Lipinski definition) is 3. The first-order valence-electron chi connectivity index (χ1n) is 6.56. The van der Waals surface area contributed by atoms with Crippen molar-refractivity contribution in [3.63, 3.8) is 0 Å². The van der Waals surface area contributed by atoms with Crippen LogP contribution in [0.4, 0.5) is 14.5 Å². The monoisotopic (exact) mass is 315 g/mol. The molecule has 0 amide bonds. The molecule has 4 N–H and O–H groups in total. The summed E-state index contributed by atoms with van der Waals surface area (Å²) in [4.78, 5) is 17.7. The number of carboxylic acid groups (broad SMARTS) is 1. The fourth-order valence-corrected chi connectivity index (χ4v) is 2.42. The SMILES string of the molecule is C=Cc1c(C(=O)O)nc(-c2ccc3cc[nH]c3c2F)c(F)c1N. The maximum absolute atomic E-state index is 14.6. The highest BCUT2D eigenvalue weighted by Crippen LogP contribution is 2.33. The zero-order valence-corrected chi connectivity index (χ0v) is 11.7. The first-order chi connectivity index (χ1) is 11.0. The summed E-state index contributed by atoms with van der Waals surface area (Å²) in [5, 5.41) is 9.80. The molecule has 0 aliphatic rings. The molecule has 1 aromatic carbocycles.